The van der Waals surface area contributed by atoms with Crippen molar-refractivity contribution in [3.63, 3.8) is 0 Å². The first-order valence-electron chi connectivity index (χ1n) is 28.1. The number of halogens is 1. The minimum absolute atomic E-state index is 0.00556. The Morgan fingerprint density at radius 1 is 0.551 bits per heavy atom. The topological polar surface area (TPSA) is 245 Å². The molecule has 2 aliphatic rings. The molecule has 0 radical (unpaired) electrons. The summed E-state index contributed by atoms with van der Waals surface area (Å²) in [5.74, 6) is -0.573. The number of phosphoric acid groups is 1. The maximum atomic E-state index is 15.9. The molecule has 0 bridgehead atoms. The van der Waals surface area contributed by atoms with Gasteiger partial charge in [0.15, 0.2) is 0 Å². The molecule has 0 spiro atoms. The van der Waals surface area contributed by atoms with Gasteiger partial charge in [-0.3, -0.25) is 27.8 Å². The second kappa shape index (κ2) is 27.6. The fraction of sp³-hybridized carbons (Fsp3) is 0.197. The summed E-state index contributed by atoms with van der Waals surface area (Å²) in [5.41, 5.74) is -0.0534. The third-order valence-corrected chi connectivity index (χ3v) is 16.5. The normalized spacial score (nSPS) is 18.7. The minimum Gasteiger partial charge on any atom is -0.497 e. The number of phosphoric ester groups is 1. The molecule has 2 fully saturated rings. The van der Waals surface area contributed by atoms with Gasteiger partial charge in [-0.1, -0.05) is 121 Å². The monoisotopic (exact) mass is 1240 g/mol. The molecule has 7 aromatic carbocycles. The predicted molar refractivity (Wildman–Crippen MR) is 327 cm³/mol. The number of hydrogen-bond acceptors (Lipinski definition) is 17. The molecule has 1 unspecified atom stereocenters. The standard InChI is InChI=1S/C66H58ClN6O15P/c1-80-50-29-23-47(24-30-50)66(46-21-13-6-14-22-46,48-25-31-51(81-2)32-26-48)82-41-55-54(40-60(84-55)73-38-36-58(71-65(73)78)69-62(75)44-17-9-4-10-18-44)88-89(79,87-52-33-27-49(67)28-34-52)83-42-56-53(86-63(76)45-19-11-5-12-20-45)39-59(85-56)72-37-35-57(70-64(72)77)68-61(74)43-15-7-3-8-16-43/h3-38,53-56,59-60H,39-42H2,1-2H3,(H,68,70,74,77)(H,69,71,75,78)/t53-,54-,55+,56+,59+,60+,89?/m0/s1. The maximum absolute atomic E-state index is 15.9. The van der Waals surface area contributed by atoms with Crippen LogP contribution in [0.15, 0.2) is 228 Å². The van der Waals surface area contributed by atoms with E-state index in [0.717, 1.165) is 4.57 Å². The number of rotatable bonds is 23. The first-order chi connectivity index (χ1) is 43.3. The molecule has 2 aromatic heterocycles. The van der Waals surface area contributed by atoms with Crippen molar-refractivity contribution in [1.29, 1.82) is 0 Å². The van der Waals surface area contributed by atoms with E-state index in [1.54, 1.807) is 105 Å². The van der Waals surface area contributed by atoms with Gasteiger partial charge in [-0.2, -0.15) is 9.97 Å². The van der Waals surface area contributed by atoms with E-state index >= 15 is 4.57 Å². The van der Waals surface area contributed by atoms with E-state index in [9.17, 15) is 24.0 Å². The summed E-state index contributed by atoms with van der Waals surface area (Å²) in [6, 6.07) is 58.0. The van der Waals surface area contributed by atoms with Gasteiger partial charge in [-0.25, -0.2) is 18.9 Å². The number of carbonyl (C=O) groups excluding carboxylic acids is 3. The molecule has 2 amide bonds. The van der Waals surface area contributed by atoms with Crippen LogP contribution >= 0.6 is 19.4 Å². The van der Waals surface area contributed by atoms with E-state index < -0.39 is 86.1 Å². The van der Waals surface area contributed by atoms with Crippen LogP contribution in [0.1, 0.15) is 73.1 Å². The number of methoxy groups -OCH3 is 2. The molecule has 89 heavy (non-hydrogen) atoms. The number of carbonyl (C=O) groups is 3. The highest BCUT2D eigenvalue weighted by Crippen LogP contribution is 2.54. The number of nitrogens with one attached hydrogen (secondary N) is 2. The second-order valence-electron chi connectivity index (χ2n) is 20.4. The number of nitrogens with zero attached hydrogens (tertiary/aromatic N) is 4. The van der Waals surface area contributed by atoms with Gasteiger partial charge in [-0.05, 0) is 114 Å². The van der Waals surface area contributed by atoms with Crippen LogP contribution < -0.4 is 36.0 Å². The molecule has 4 heterocycles. The maximum Gasteiger partial charge on any atom is 0.530 e. The molecule has 0 saturated carbocycles. The average molecular weight is 1240 g/mol. The van der Waals surface area contributed by atoms with Crippen molar-refractivity contribution >= 4 is 48.8 Å². The van der Waals surface area contributed by atoms with Crippen LogP contribution in [0.3, 0.4) is 0 Å². The Labute approximate surface area is 515 Å². The number of hydrogen-bond donors (Lipinski definition) is 2. The van der Waals surface area contributed by atoms with Gasteiger partial charge < -0.3 is 43.6 Å². The lowest BCUT2D eigenvalue weighted by Gasteiger charge is -2.37. The zero-order valence-corrected chi connectivity index (χ0v) is 49.5. The van der Waals surface area contributed by atoms with Gasteiger partial charge in [0.1, 0.15) is 71.4 Å². The molecule has 454 valence electrons. The van der Waals surface area contributed by atoms with E-state index in [1.807, 2.05) is 78.9 Å². The molecule has 11 rings (SSSR count). The van der Waals surface area contributed by atoms with Crippen molar-refractivity contribution in [3.05, 3.63) is 278 Å². The van der Waals surface area contributed by atoms with Gasteiger partial charge in [-0.15, -0.1) is 0 Å². The summed E-state index contributed by atoms with van der Waals surface area (Å²) in [5, 5.41) is 5.62. The Bertz CT molecular complexity index is 4030. The lowest BCUT2D eigenvalue weighted by Crippen LogP contribution is -2.38. The zero-order valence-electron chi connectivity index (χ0n) is 47.8. The summed E-state index contributed by atoms with van der Waals surface area (Å²) < 4.78 is 75.2. The highest BCUT2D eigenvalue weighted by Gasteiger charge is 2.48. The first kappa shape index (κ1) is 61.1. The fourth-order valence-electron chi connectivity index (χ4n) is 10.3. The Balaban J connectivity index is 0.935. The third-order valence-electron chi connectivity index (χ3n) is 14.8. The van der Waals surface area contributed by atoms with Gasteiger partial charge >= 0.3 is 25.2 Å². The fourth-order valence-corrected chi connectivity index (χ4v) is 11.9. The van der Waals surface area contributed by atoms with Crippen LogP contribution in [0.5, 0.6) is 17.2 Å². The van der Waals surface area contributed by atoms with E-state index in [-0.39, 0.29) is 42.4 Å². The van der Waals surface area contributed by atoms with E-state index in [0.29, 0.717) is 44.3 Å². The Hall–Kier alpha value is -9.57. The minimum atomic E-state index is -5.00. The van der Waals surface area contributed by atoms with Crippen LogP contribution in [-0.4, -0.2) is 88.7 Å². The molecular weight excluding hydrogens is 1180 g/mol. The Morgan fingerprint density at radius 2 is 0.978 bits per heavy atom. The molecule has 2 saturated heterocycles. The van der Waals surface area contributed by atoms with E-state index in [1.165, 1.54) is 53.4 Å². The smallest absolute Gasteiger partial charge is 0.497 e. The quantitative estimate of drug-likeness (QED) is 0.0343. The molecule has 7 atom stereocenters. The molecule has 21 nitrogen and oxygen atoms in total. The van der Waals surface area contributed by atoms with Crippen molar-refractivity contribution in [3.8, 4) is 17.2 Å². The highest BCUT2D eigenvalue weighted by atomic mass is 35.5. The lowest BCUT2D eigenvalue weighted by molar-refractivity contribution is -0.0950. The predicted octanol–water partition coefficient (Wildman–Crippen LogP) is 11.1. The molecule has 23 heteroatoms. The SMILES string of the molecule is COc1ccc(C(OC[C@H]2O[C@@H](n3ccc(NC(=O)c4ccccc4)nc3=O)C[C@@H]2OP(=O)(OC[C@H]2O[C@@H](n3ccc(NC(=O)c4ccccc4)nc3=O)C[C@@H]2OC(=O)c2ccccc2)Oc2ccc(Cl)cc2)(c2ccccc2)c2ccc(OC)cc2)cc1. The van der Waals surface area contributed by atoms with Crippen LogP contribution in [0.25, 0.3) is 0 Å². The number of amides is 2. The lowest BCUT2D eigenvalue weighted by atomic mass is 9.80. The van der Waals surface area contributed by atoms with Crippen LogP contribution in [-0.2, 0) is 38.2 Å². The summed E-state index contributed by atoms with van der Waals surface area (Å²) in [4.78, 5) is 76.1. The number of benzene rings is 7. The van der Waals surface area contributed by atoms with Crippen LogP contribution in [0.2, 0.25) is 5.02 Å². The number of aromatic nitrogens is 4. The Kier molecular flexibility index (Phi) is 19.0. The summed E-state index contributed by atoms with van der Waals surface area (Å²) in [6.45, 7) is -0.948. The number of anilines is 2. The van der Waals surface area contributed by atoms with Crippen LogP contribution in [0, 0.1) is 0 Å². The summed E-state index contributed by atoms with van der Waals surface area (Å²) in [6.07, 6.45) is -4.72. The van der Waals surface area contributed by atoms with Crippen molar-refractivity contribution < 1.29 is 60.9 Å². The molecule has 2 aliphatic heterocycles. The molecule has 9 aromatic rings. The van der Waals surface area contributed by atoms with Gasteiger partial charge in [0.05, 0.1) is 33.0 Å². The van der Waals surface area contributed by atoms with Crippen LogP contribution in [0.4, 0.5) is 11.6 Å². The molecule has 2 N–H and O–H groups in total. The van der Waals surface area contributed by atoms with Gasteiger partial charge in [0.2, 0.25) is 0 Å². The third kappa shape index (κ3) is 14.4. The van der Waals surface area contributed by atoms with E-state index in [4.69, 9.17) is 53.6 Å². The number of ether oxygens (including phenoxy) is 6. The molecular formula is C66H58ClN6O15P. The van der Waals surface area contributed by atoms with Crippen molar-refractivity contribution in [2.24, 2.45) is 0 Å². The molecule has 0 aliphatic carbocycles. The van der Waals surface area contributed by atoms with Crippen molar-refractivity contribution in [1.82, 2.24) is 19.1 Å². The largest absolute Gasteiger partial charge is 0.530 e. The summed E-state index contributed by atoms with van der Waals surface area (Å²) >= 11 is 6.32. The van der Waals surface area contributed by atoms with Gasteiger partial charge in [0, 0.05) is 41.4 Å². The zero-order chi connectivity index (χ0) is 61.9. The summed E-state index contributed by atoms with van der Waals surface area (Å²) in [7, 11) is -1.87. The van der Waals surface area contributed by atoms with Crippen molar-refractivity contribution in [2.45, 2.75) is 55.3 Å². The first-order valence-corrected chi connectivity index (χ1v) is 29.9. The highest BCUT2D eigenvalue weighted by molar-refractivity contribution is 7.49. The van der Waals surface area contributed by atoms with Gasteiger partial charge in [0.25, 0.3) is 11.8 Å². The number of esters is 1. The average Bonchev–Trinajstić information content (AvgIpc) is 1.01. The van der Waals surface area contributed by atoms with Crippen molar-refractivity contribution in [2.75, 3.05) is 38.1 Å². The Morgan fingerprint density at radius 3 is 1.45 bits per heavy atom. The second-order valence-corrected chi connectivity index (χ2v) is 22.4. The van der Waals surface area contributed by atoms with E-state index in [2.05, 4.69) is 20.6 Å².